The molecule has 4 heterocycles. The highest BCUT2D eigenvalue weighted by Gasteiger charge is 2.28. The van der Waals surface area contributed by atoms with Gasteiger partial charge < -0.3 is 4.57 Å². The van der Waals surface area contributed by atoms with Gasteiger partial charge in [0.2, 0.25) is 0 Å². The fourth-order valence-electron chi connectivity index (χ4n) is 4.09. The second kappa shape index (κ2) is 8.09. The molecule has 35 heavy (non-hydrogen) atoms. The highest BCUT2D eigenvalue weighted by Crippen LogP contribution is 2.30. The van der Waals surface area contributed by atoms with Crippen molar-refractivity contribution in [2.45, 2.75) is 26.1 Å². The maximum Gasteiger partial charge on any atom is 0.390 e. The van der Waals surface area contributed by atoms with Gasteiger partial charge >= 0.3 is 6.18 Å². The van der Waals surface area contributed by atoms with Crippen molar-refractivity contribution in [2.75, 3.05) is 0 Å². The van der Waals surface area contributed by atoms with Crippen LogP contribution in [0.2, 0.25) is 0 Å². The molecule has 0 spiro atoms. The Balaban J connectivity index is 1.83. The number of alkyl halides is 3. The first-order valence-electron chi connectivity index (χ1n) is 10.6. The van der Waals surface area contributed by atoms with Crippen LogP contribution in [0.15, 0.2) is 53.7 Å². The summed E-state index contributed by atoms with van der Waals surface area (Å²) in [6, 6.07) is 10.6. The van der Waals surface area contributed by atoms with Gasteiger partial charge in [-0.15, -0.1) is 0 Å². The Hall–Kier alpha value is -4.46. The van der Waals surface area contributed by atoms with Crippen LogP contribution in [0.25, 0.3) is 38.8 Å². The number of hydrogen-bond donors (Lipinski definition) is 0. The number of aryl methyl sites for hydroxylation is 3. The average Bonchev–Trinajstić information content (AvgIpc) is 3.36. The van der Waals surface area contributed by atoms with Crippen LogP contribution in [0.5, 0.6) is 0 Å². The average molecular weight is 477 g/mol. The van der Waals surface area contributed by atoms with Gasteiger partial charge in [-0.2, -0.15) is 33.3 Å². The van der Waals surface area contributed by atoms with Gasteiger partial charge in [-0.25, -0.2) is 0 Å². The zero-order valence-corrected chi connectivity index (χ0v) is 18.7. The summed E-state index contributed by atoms with van der Waals surface area (Å²) in [6.07, 6.45) is -0.929. The molecule has 0 aliphatic carbocycles. The molecule has 176 valence electrons. The molecule has 1 aromatic carbocycles. The lowest BCUT2D eigenvalue weighted by molar-refractivity contribution is -0.136. The summed E-state index contributed by atoms with van der Waals surface area (Å²) in [5, 5.41) is 19.2. The maximum absolute atomic E-state index is 13.8. The quantitative estimate of drug-likeness (QED) is 0.385. The third-order valence-corrected chi connectivity index (χ3v) is 5.70. The first-order chi connectivity index (χ1) is 16.6. The fourth-order valence-corrected chi connectivity index (χ4v) is 4.09. The van der Waals surface area contributed by atoms with E-state index < -0.39 is 24.7 Å². The molecule has 8 nitrogen and oxygen atoms in total. The molecule has 11 heteroatoms. The number of fused-ring (bicyclic) bond motifs is 2. The van der Waals surface area contributed by atoms with E-state index in [1.54, 1.807) is 55.2 Å². The van der Waals surface area contributed by atoms with E-state index in [0.717, 1.165) is 10.9 Å². The zero-order valence-electron chi connectivity index (χ0n) is 18.7. The third-order valence-electron chi connectivity index (χ3n) is 5.70. The Morgan fingerprint density at radius 2 is 1.91 bits per heavy atom. The first kappa shape index (κ1) is 22.3. The summed E-state index contributed by atoms with van der Waals surface area (Å²) in [5.74, 6) is 0. The summed E-state index contributed by atoms with van der Waals surface area (Å²) < 4.78 is 43.1. The molecule has 0 aliphatic heterocycles. The number of halogens is 3. The highest BCUT2D eigenvalue weighted by atomic mass is 19.4. The highest BCUT2D eigenvalue weighted by molar-refractivity contribution is 5.95. The number of pyridine rings is 1. The van der Waals surface area contributed by atoms with Gasteiger partial charge in [-0.3, -0.25) is 14.5 Å². The Kier molecular flexibility index (Phi) is 5.16. The molecular weight excluding hydrogens is 459 g/mol. The van der Waals surface area contributed by atoms with Crippen LogP contribution in [0.4, 0.5) is 13.2 Å². The van der Waals surface area contributed by atoms with E-state index in [0.29, 0.717) is 16.9 Å². The smallest absolute Gasteiger partial charge is 0.344 e. The summed E-state index contributed by atoms with van der Waals surface area (Å²) >= 11 is 0. The predicted molar refractivity (Wildman–Crippen MR) is 123 cm³/mol. The van der Waals surface area contributed by atoms with Gasteiger partial charge in [-0.05, 0) is 31.2 Å². The largest absolute Gasteiger partial charge is 0.390 e. The van der Waals surface area contributed by atoms with E-state index >= 15 is 0 Å². The standard InChI is InChI=1S/C24H18F3N7O/c1-14-3-4-15(11-29-14)20-22-21(17(10-28)13-33(22)8-7-24(25,26)27)31-34(23(20)35)18-5-6-19-16(9-18)12-32(2)30-19/h3-6,9,11-13H,7-8H2,1-2H3. The molecule has 0 atom stereocenters. The molecule has 0 N–H and O–H groups in total. The Morgan fingerprint density at radius 3 is 2.60 bits per heavy atom. The van der Waals surface area contributed by atoms with Crippen LogP contribution in [0, 0.1) is 18.3 Å². The van der Waals surface area contributed by atoms with Gasteiger partial charge in [0.15, 0.2) is 0 Å². The zero-order chi connectivity index (χ0) is 24.9. The van der Waals surface area contributed by atoms with Crippen LogP contribution in [-0.4, -0.2) is 35.3 Å². The fraction of sp³-hybridized carbons (Fsp3) is 0.208. The van der Waals surface area contributed by atoms with Crippen LogP contribution >= 0.6 is 0 Å². The minimum Gasteiger partial charge on any atom is -0.344 e. The molecule has 0 radical (unpaired) electrons. The van der Waals surface area contributed by atoms with Crippen LogP contribution < -0.4 is 5.56 Å². The van der Waals surface area contributed by atoms with E-state index in [-0.39, 0.29) is 22.2 Å². The summed E-state index contributed by atoms with van der Waals surface area (Å²) in [6.45, 7) is 1.33. The van der Waals surface area contributed by atoms with Crippen molar-refractivity contribution in [1.82, 2.24) is 29.1 Å². The molecule has 4 aromatic heterocycles. The summed E-state index contributed by atoms with van der Waals surface area (Å²) in [4.78, 5) is 18.1. The van der Waals surface area contributed by atoms with E-state index in [1.165, 1.54) is 21.6 Å². The van der Waals surface area contributed by atoms with Gasteiger partial charge in [0.25, 0.3) is 5.56 Å². The predicted octanol–water partition coefficient (Wildman–Crippen LogP) is 4.27. The van der Waals surface area contributed by atoms with Crippen LogP contribution in [0.3, 0.4) is 0 Å². The second-order valence-electron chi connectivity index (χ2n) is 8.24. The second-order valence-corrected chi connectivity index (χ2v) is 8.24. The lowest BCUT2D eigenvalue weighted by Crippen LogP contribution is -2.24. The topological polar surface area (TPSA) is 94.3 Å². The van der Waals surface area contributed by atoms with Crippen molar-refractivity contribution in [3.63, 3.8) is 0 Å². The monoisotopic (exact) mass is 477 g/mol. The van der Waals surface area contributed by atoms with Crippen LogP contribution in [-0.2, 0) is 13.6 Å². The van der Waals surface area contributed by atoms with Gasteiger partial charge in [0.1, 0.15) is 11.6 Å². The third kappa shape index (κ3) is 4.03. The lowest BCUT2D eigenvalue weighted by Gasteiger charge is -2.13. The number of nitriles is 1. The van der Waals surface area contributed by atoms with Crippen LogP contribution in [0.1, 0.15) is 17.7 Å². The maximum atomic E-state index is 13.8. The molecule has 0 bridgehead atoms. The Bertz CT molecular complexity index is 1690. The number of rotatable bonds is 4. The van der Waals surface area contributed by atoms with E-state index in [9.17, 15) is 23.2 Å². The molecule has 0 aliphatic rings. The summed E-state index contributed by atoms with van der Waals surface area (Å²) in [5.41, 5.74) is 2.25. The van der Waals surface area contributed by atoms with Crippen molar-refractivity contribution in [3.05, 3.63) is 70.5 Å². The van der Waals surface area contributed by atoms with Gasteiger partial charge in [0.05, 0.1) is 34.3 Å². The van der Waals surface area contributed by atoms with Crippen molar-refractivity contribution in [1.29, 1.82) is 5.26 Å². The molecule has 0 amide bonds. The Morgan fingerprint density at radius 1 is 1.11 bits per heavy atom. The van der Waals surface area contributed by atoms with Crippen molar-refractivity contribution in [2.24, 2.45) is 7.05 Å². The molecule has 5 rings (SSSR count). The summed E-state index contributed by atoms with van der Waals surface area (Å²) in [7, 11) is 1.78. The van der Waals surface area contributed by atoms with E-state index in [2.05, 4.69) is 15.2 Å². The number of nitrogens with zero attached hydrogens (tertiary/aromatic N) is 7. The molecular formula is C24H18F3N7O. The molecule has 0 unspecified atom stereocenters. The van der Waals surface area contributed by atoms with E-state index in [4.69, 9.17) is 0 Å². The number of benzene rings is 1. The van der Waals surface area contributed by atoms with Crippen molar-refractivity contribution in [3.8, 4) is 22.9 Å². The number of hydrogen-bond acceptors (Lipinski definition) is 5. The first-order valence-corrected chi connectivity index (χ1v) is 10.6. The Labute approximate surface area is 196 Å². The normalized spacial score (nSPS) is 11.9. The van der Waals surface area contributed by atoms with Crippen molar-refractivity contribution >= 4 is 21.9 Å². The number of aromatic nitrogens is 6. The minimum atomic E-state index is -4.41. The molecule has 0 fully saturated rings. The van der Waals surface area contributed by atoms with E-state index in [1.807, 2.05) is 6.07 Å². The van der Waals surface area contributed by atoms with Crippen molar-refractivity contribution < 1.29 is 13.2 Å². The molecule has 5 aromatic rings. The molecule has 0 saturated carbocycles. The molecule has 0 saturated heterocycles. The van der Waals surface area contributed by atoms with Gasteiger partial charge in [0, 0.05) is 48.8 Å². The lowest BCUT2D eigenvalue weighted by atomic mass is 10.1. The minimum absolute atomic E-state index is 0.0692. The SMILES string of the molecule is Cc1ccc(-c2c(=O)n(-c3ccc4nn(C)cc4c3)nc3c(C#N)cn(CCC(F)(F)F)c23)cn1. The van der Waals surface area contributed by atoms with Gasteiger partial charge in [-0.1, -0.05) is 6.07 Å².